The molecule has 7 nitrogen and oxygen atoms in total. The van der Waals surface area contributed by atoms with Crippen LogP contribution >= 0.6 is 0 Å². The predicted molar refractivity (Wildman–Crippen MR) is 126 cm³/mol. The fourth-order valence-electron chi connectivity index (χ4n) is 4.65. The Labute approximate surface area is 195 Å². The molecule has 2 aliphatic rings. The van der Waals surface area contributed by atoms with Crippen LogP contribution in [0.25, 0.3) is 0 Å². The summed E-state index contributed by atoms with van der Waals surface area (Å²) >= 11 is 0. The smallest absolute Gasteiger partial charge is 0.260 e. The minimum absolute atomic E-state index is 0.00765. The lowest BCUT2D eigenvalue weighted by Crippen LogP contribution is -2.43. The van der Waals surface area contributed by atoms with E-state index < -0.39 is 5.41 Å². The largest absolute Gasteiger partial charge is 0.497 e. The average Bonchev–Trinajstić information content (AvgIpc) is 2.89. The second-order valence-corrected chi connectivity index (χ2v) is 8.63. The molecule has 0 atom stereocenters. The molecule has 1 N–H and O–H groups in total. The molecule has 1 heterocycles. The first kappa shape index (κ1) is 23.1. The molecule has 0 spiro atoms. The molecule has 2 amide bonds. The van der Waals surface area contributed by atoms with Crippen molar-refractivity contribution >= 4 is 17.5 Å². The van der Waals surface area contributed by atoms with Gasteiger partial charge in [0.1, 0.15) is 11.5 Å². The van der Waals surface area contributed by atoms with Gasteiger partial charge in [0.25, 0.3) is 5.91 Å². The van der Waals surface area contributed by atoms with E-state index in [2.05, 4.69) is 5.32 Å². The maximum Gasteiger partial charge on any atom is 0.260 e. The summed E-state index contributed by atoms with van der Waals surface area (Å²) in [5, 5.41) is 3.11. The van der Waals surface area contributed by atoms with Gasteiger partial charge in [-0.15, -0.1) is 0 Å². The van der Waals surface area contributed by atoms with Gasteiger partial charge in [0.05, 0.1) is 25.7 Å². The number of carbonyl (C=O) groups is 2. The second-order valence-electron chi connectivity index (χ2n) is 8.63. The summed E-state index contributed by atoms with van der Waals surface area (Å²) in [5.41, 5.74) is 1.21. The highest BCUT2D eigenvalue weighted by Gasteiger charge is 2.41. The Morgan fingerprint density at radius 3 is 2.21 bits per heavy atom. The molecular weight excluding hydrogens is 420 g/mol. The lowest BCUT2D eigenvalue weighted by atomic mass is 9.68. The standard InChI is InChI=1S/C26H32N2O5/c1-31-22-9-5-20(6-10-22)26(13-3-2-4-14-26)25(30)27-21-7-11-23(12-8-21)33-19-24(29)28-15-17-32-18-16-28/h5-12H,2-4,13-19H2,1H3,(H,27,30). The molecular formula is C26H32N2O5. The van der Waals surface area contributed by atoms with Crippen molar-refractivity contribution in [2.24, 2.45) is 0 Å². The van der Waals surface area contributed by atoms with Gasteiger partial charge < -0.3 is 24.4 Å². The van der Waals surface area contributed by atoms with Crippen LogP contribution in [0.2, 0.25) is 0 Å². The number of carbonyl (C=O) groups excluding carboxylic acids is 2. The number of ether oxygens (including phenoxy) is 3. The molecule has 7 heteroatoms. The summed E-state index contributed by atoms with van der Waals surface area (Å²) in [5.74, 6) is 1.35. The van der Waals surface area contributed by atoms with Crippen LogP contribution in [0, 0.1) is 0 Å². The van der Waals surface area contributed by atoms with Gasteiger partial charge >= 0.3 is 0 Å². The number of rotatable bonds is 7. The van der Waals surface area contributed by atoms with Crippen LogP contribution in [0.5, 0.6) is 11.5 Å². The minimum atomic E-state index is -0.537. The van der Waals surface area contributed by atoms with Crippen molar-refractivity contribution in [3.05, 3.63) is 54.1 Å². The average molecular weight is 453 g/mol. The third-order valence-corrected chi connectivity index (χ3v) is 6.62. The van der Waals surface area contributed by atoms with Crippen LogP contribution in [0.1, 0.15) is 37.7 Å². The number of benzene rings is 2. The van der Waals surface area contributed by atoms with Gasteiger partial charge in [0.2, 0.25) is 5.91 Å². The van der Waals surface area contributed by atoms with Gasteiger partial charge in [-0.25, -0.2) is 0 Å². The molecule has 176 valence electrons. The maximum atomic E-state index is 13.5. The van der Waals surface area contributed by atoms with E-state index in [0.29, 0.717) is 37.7 Å². The zero-order valence-electron chi connectivity index (χ0n) is 19.2. The number of morpholine rings is 1. The first-order chi connectivity index (χ1) is 16.1. The number of hydrogen-bond acceptors (Lipinski definition) is 5. The number of methoxy groups -OCH3 is 1. The minimum Gasteiger partial charge on any atom is -0.497 e. The molecule has 0 radical (unpaired) electrons. The van der Waals surface area contributed by atoms with Crippen LogP contribution < -0.4 is 14.8 Å². The van der Waals surface area contributed by atoms with E-state index in [-0.39, 0.29) is 18.4 Å². The maximum absolute atomic E-state index is 13.5. The molecule has 2 aromatic carbocycles. The Hall–Kier alpha value is -3.06. The van der Waals surface area contributed by atoms with Gasteiger partial charge in [-0.05, 0) is 54.8 Å². The molecule has 2 fully saturated rings. The number of hydrogen-bond donors (Lipinski definition) is 1. The van der Waals surface area contributed by atoms with Crippen LogP contribution in [-0.4, -0.2) is 56.7 Å². The summed E-state index contributed by atoms with van der Waals surface area (Å²) in [6.07, 6.45) is 4.87. The second kappa shape index (κ2) is 10.7. The number of amides is 2. The van der Waals surface area contributed by atoms with E-state index in [0.717, 1.165) is 43.4 Å². The Morgan fingerprint density at radius 1 is 0.939 bits per heavy atom. The summed E-state index contributed by atoms with van der Waals surface area (Å²) in [6, 6.07) is 15.0. The third-order valence-electron chi connectivity index (χ3n) is 6.62. The van der Waals surface area contributed by atoms with Crippen LogP contribution in [0.4, 0.5) is 5.69 Å². The first-order valence-corrected chi connectivity index (χ1v) is 11.7. The Kier molecular flexibility index (Phi) is 7.50. The van der Waals surface area contributed by atoms with E-state index in [1.54, 1.807) is 24.1 Å². The Morgan fingerprint density at radius 2 is 1.58 bits per heavy atom. The van der Waals surface area contributed by atoms with E-state index in [1.165, 1.54) is 0 Å². The first-order valence-electron chi connectivity index (χ1n) is 11.7. The molecule has 4 rings (SSSR count). The van der Waals surface area contributed by atoms with Gasteiger partial charge in [0.15, 0.2) is 6.61 Å². The monoisotopic (exact) mass is 452 g/mol. The highest BCUT2D eigenvalue weighted by molar-refractivity contribution is 5.99. The zero-order chi connectivity index (χ0) is 23.1. The number of anilines is 1. The van der Waals surface area contributed by atoms with Gasteiger partial charge in [-0.1, -0.05) is 31.4 Å². The normalized spacial score (nSPS) is 17.8. The highest BCUT2D eigenvalue weighted by atomic mass is 16.5. The van der Waals surface area contributed by atoms with Crippen molar-refractivity contribution in [1.29, 1.82) is 0 Å². The highest BCUT2D eigenvalue weighted by Crippen LogP contribution is 2.41. The summed E-state index contributed by atoms with van der Waals surface area (Å²) in [4.78, 5) is 27.5. The lowest BCUT2D eigenvalue weighted by Gasteiger charge is -2.36. The molecule has 1 aliphatic carbocycles. The van der Waals surface area contributed by atoms with E-state index >= 15 is 0 Å². The van der Waals surface area contributed by atoms with Crippen molar-refractivity contribution in [2.75, 3.05) is 45.3 Å². The fourth-order valence-corrected chi connectivity index (χ4v) is 4.65. The molecule has 1 aliphatic heterocycles. The van der Waals surface area contributed by atoms with Crippen LogP contribution in [-0.2, 0) is 19.7 Å². The van der Waals surface area contributed by atoms with Crippen molar-refractivity contribution < 1.29 is 23.8 Å². The van der Waals surface area contributed by atoms with Crippen molar-refractivity contribution in [3.8, 4) is 11.5 Å². The van der Waals surface area contributed by atoms with E-state index in [4.69, 9.17) is 14.2 Å². The molecule has 1 saturated carbocycles. The summed E-state index contributed by atoms with van der Waals surface area (Å²) < 4.78 is 16.2. The van der Waals surface area contributed by atoms with Gasteiger partial charge in [-0.3, -0.25) is 9.59 Å². The van der Waals surface area contributed by atoms with Crippen molar-refractivity contribution in [1.82, 2.24) is 4.90 Å². The van der Waals surface area contributed by atoms with Crippen LogP contribution in [0.3, 0.4) is 0 Å². The van der Waals surface area contributed by atoms with E-state index in [1.807, 2.05) is 36.4 Å². The number of nitrogens with one attached hydrogen (secondary N) is 1. The van der Waals surface area contributed by atoms with E-state index in [9.17, 15) is 9.59 Å². The molecule has 0 bridgehead atoms. The quantitative estimate of drug-likeness (QED) is 0.692. The lowest BCUT2D eigenvalue weighted by molar-refractivity contribution is -0.137. The Bertz CT molecular complexity index is 930. The van der Waals surface area contributed by atoms with Crippen LogP contribution in [0.15, 0.2) is 48.5 Å². The van der Waals surface area contributed by atoms with Crippen molar-refractivity contribution in [3.63, 3.8) is 0 Å². The number of nitrogens with zero attached hydrogens (tertiary/aromatic N) is 1. The molecule has 2 aromatic rings. The molecule has 0 aromatic heterocycles. The fraction of sp³-hybridized carbons (Fsp3) is 0.462. The molecule has 0 unspecified atom stereocenters. The molecule has 1 saturated heterocycles. The van der Waals surface area contributed by atoms with Gasteiger partial charge in [-0.2, -0.15) is 0 Å². The Balaban J connectivity index is 1.39. The predicted octanol–water partition coefficient (Wildman–Crippen LogP) is 3.77. The zero-order valence-corrected chi connectivity index (χ0v) is 19.2. The third kappa shape index (κ3) is 5.47. The summed E-state index contributed by atoms with van der Waals surface area (Å²) in [7, 11) is 1.64. The van der Waals surface area contributed by atoms with Gasteiger partial charge in [0, 0.05) is 18.8 Å². The summed E-state index contributed by atoms with van der Waals surface area (Å²) in [6.45, 7) is 2.33. The van der Waals surface area contributed by atoms with Crippen molar-refractivity contribution in [2.45, 2.75) is 37.5 Å². The SMILES string of the molecule is COc1ccc(C2(C(=O)Nc3ccc(OCC(=O)N4CCOCC4)cc3)CCCCC2)cc1. The molecule has 33 heavy (non-hydrogen) atoms. The topological polar surface area (TPSA) is 77.1 Å².